The van der Waals surface area contributed by atoms with Crippen molar-refractivity contribution < 1.29 is 4.79 Å². The van der Waals surface area contributed by atoms with Crippen LogP contribution in [0.1, 0.15) is 23.7 Å². The summed E-state index contributed by atoms with van der Waals surface area (Å²) < 4.78 is 0. The minimum Gasteiger partial charge on any atom is -0.399 e. The Morgan fingerprint density at radius 1 is 1.50 bits per heavy atom. The lowest BCUT2D eigenvalue weighted by molar-refractivity contribution is 0.100. The zero-order valence-electron chi connectivity index (χ0n) is 9.46. The number of rotatable bonds is 4. The van der Waals surface area contributed by atoms with Gasteiger partial charge in [-0.3, -0.25) is 4.79 Å². The first-order valence-corrected chi connectivity index (χ1v) is 5.45. The van der Waals surface area contributed by atoms with E-state index >= 15 is 0 Å². The first kappa shape index (κ1) is 12.6. The van der Waals surface area contributed by atoms with Crippen molar-refractivity contribution in [1.29, 1.82) is 0 Å². The predicted octanol–water partition coefficient (Wildman–Crippen LogP) is 1.87. The molecule has 0 atom stereocenters. The van der Waals surface area contributed by atoms with Crippen molar-refractivity contribution in [2.75, 3.05) is 24.2 Å². The van der Waals surface area contributed by atoms with Crippen LogP contribution in [-0.4, -0.2) is 19.5 Å². The van der Waals surface area contributed by atoms with Crippen LogP contribution in [0.3, 0.4) is 0 Å². The summed E-state index contributed by atoms with van der Waals surface area (Å²) in [6.45, 7) is 2.84. The number of nitrogen functional groups attached to an aromatic ring is 1. The first-order chi connectivity index (χ1) is 7.47. The van der Waals surface area contributed by atoms with Gasteiger partial charge in [0.25, 0.3) is 5.91 Å². The lowest BCUT2D eigenvalue weighted by atomic mass is 10.1. The second-order valence-electron chi connectivity index (χ2n) is 3.68. The molecule has 1 aromatic rings. The van der Waals surface area contributed by atoms with Gasteiger partial charge in [0.2, 0.25) is 0 Å². The largest absolute Gasteiger partial charge is 0.399 e. The van der Waals surface area contributed by atoms with Crippen molar-refractivity contribution in [2.24, 2.45) is 5.73 Å². The Balaban J connectivity index is 3.29. The van der Waals surface area contributed by atoms with Crippen molar-refractivity contribution in [3.63, 3.8) is 0 Å². The molecule has 0 saturated heterocycles. The Morgan fingerprint density at radius 3 is 2.62 bits per heavy atom. The van der Waals surface area contributed by atoms with Gasteiger partial charge in [-0.05, 0) is 18.6 Å². The number of carbonyl (C=O) groups excluding carboxylic acids is 1. The lowest BCUT2D eigenvalue weighted by Crippen LogP contribution is -2.23. The highest BCUT2D eigenvalue weighted by Gasteiger charge is 2.16. The molecule has 0 aliphatic heterocycles. The van der Waals surface area contributed by atoms with Crippen molar-refractivity contribution in [3.05, 3.63) is 22.7 Å². The SMILES string of the molecule is CCCN(C)c1c(Cl)cc(N)cc1C(N)=O. The molecule has 0 aliphatic carbocycles. The number of amides is 1. The average Bonchev–Trinajstić information content (AvgIpc) is 2.16. The van der Waals surface area contributed by atoms with Crippen LogP contribution in [0, 0.1) is 0 Å². The number of halogens is 1. The molecule has 0 heterocycles. The average molecular weight is 242 g/mol. The third kappa shape index (κ3) is 2.58. The number of nitrogens with two attached hydrogens (primary N) is 2. The van der Waals surface area contributed by atoms with E-state index < -0.39 is 5.91 Å². The van der Waals surface area contributed by atoms with Gasteiger partial charge in [-0.2, -0.15) is 0 Å². The smallest absolute Gasteiger partial charge is 0.250 e. The number of benzene rings is 1. The molecule has 0 bridgehead atoms. The van der Waals surface area contributed by atoms with Gasteiger partial charge in [0.05, 0.1) is 16.3 Å². The van der Waals surface area contributed by atoms with Crippen molar-refractivity contribution in [1.82, 2.24) is 0 Å². The second kappa shape index (κ2) is 5.07. The predicted molar refractivity (Wildman–Crippen MR) is 67.9 cm³/mol. The molecule has 88 valence electrons. The van der Waals surface area contributed by atoms with Gasteiger partial charge in [-0.15, -0.1) is 0 Å². The Morgan fingerprint density at radius 2 is 2.12 bits per heavy atom. The van der Waals surface area contributed by atoms with Gasteiger partial charge in [0.15, 0.2) is 0 Å². The van der Waals surface area contributed by atoms with E-state index in [9.17, 15) is 4.79 Å². The Bertz CT molecular complexity index is 406. The van der Waals surface area contributed by atoms with E-state index in [1.165, 1.54) is 0 Å². The molecule has 0 aromatic heterocycles. The summed E-state index contributed by atoms with van der Waals surface area (Å²) in [6.07, 6.45) is 0.954. The van der Waals surface area contributed by atoms with E-state index in [1.807, 2.05) is 18.9 Å². The number of anilines is 2. The molecular formula is C11H16ClN3O. The fraction of sp³-hybridized carbons (Fsp3) is 0.364. The fourth-order valence-corrected chi connectivity index (χ4v) is 2.02. The van der Waals surface area contributed by atoms with Gasteiger partial charge in [0, 0.05) is 19.3 Å². The van der Waals surface area contributed by atoms with Crippen LogP contribution in [0.2, 0.25) is 5.02 Å². The third-order valence-electron chi connectivity index (χ3n) is 2.29. The van der Waals surface area contributed by atoms with E-state index in [4.69, 9.17) is 23.1 Å². The van der Waals surface area contributed by atoms with Gasteiger partial charge >= 0.3 is 0 Å². The van der Waals surface area contributed by atoms with Crippen LogP contribution < -0.4 is 16.4 Å². The fourth-order valence-electron chi connectivity index (χ4n) is 1.64. The van der Waals surface area contributed by atoms with Crippen LogP contribution in [0.25, 0.3) is 0 Å². The molecule has 4 N–H and O–H groups in total. The molecule has 0 spiro atoms. The van der Waals surface area contributed by atoms with Crippen molar-refractivity contribution in [3.8, 4) is 0 Å². The number of nitrogens with zero attached hydrogens (tertiary/aromatic N) is 1. The van der Waals surface area contributed by atoms with Crippen molar-refractivity contribution >= 4 is 28.9 Å². The van der Waals surface area contributed by atoms with Crippen LogP contribution in [-0.2, 0) is 0 Å². The Labute approximate surface area is 100 Å². The highest BCUT2D eigenvalue weighted by atomic mass is 35.5. The zero-order chi connectivity index (χ0) is 12.3. The lowest BCUT2D eigenvalue weighted by Gasteiger charge is -2.22. The number of hydrogen-bond acceptors (Lipinski definition) is 3. The van der Waals surface area contributed by atoms with E-state index in [-0.39, 0.29) is 0 Å². The number of primary amides is 1. The molecule has 0 radical (unpaired) electrons. The summed E-state index contributed by atoms with van der Waals surface area (Å²) in [6, 6.07) is 3.17. The Kier molecular flexibility index (Phi) is 4.01. The first-order valence-electron chi connectivity index (χ1n) is 5.07. The Hall–Kier alpha value is -1.42. The topological polar surface area (TPSA) is 72.3 Å². The summed E-state index contributed by atoms with van der Waals surface area (Å²) in [7, 11) is 1.87. The molecule has 0 aliphatic rings. The maximum atomic E-state index is 11.3. The molecule has 1 rings (SSSR count). The normalized spacial score (nSPS) is 10.2. The molecule has 5 heteroatoms. The van der Waals surface area contributed by atoms with Gasteiger partial charge in [0.1, 0.15) is 0 Å². The van der Waals surface area contributed by atoms with E-state index in [0.717, 1.165) is 13.0 Å². The quantitative estimate of drug-likeness (QED) is 0.791. The molecule has 1 aromatic carbocycles. The van der Waals surface area contributed by atoms with E-state index in [1.54, 1.807) is 12.1 Å². The van der Waals surface area contributed by atoms with Gasteiger partial charge in [-0.1, -0.05) is 18.5 Å². The molecule has 16 heavy (non-hydrogen) atoms. The highest BCUT2D eigenvalue weighted by molar-refractivity contribution is 6.34. The third-order valence-corrected chi connectivity index (χ3v) is 2.58. The summed E-state index contributed by atoms with van der Waals surface area (Å²) in [5, 5.41) is 0.449. The van der Waals surface area contributed by atoms with Crippen LogP contribution in [0.5, 0.6) is 0 Å². The molecule has 0 fully saturated rings. The molecular weight excluding hydrogens is 226 g/mol. The number of carbonyl (C=O) groups is 1. The summed E-state index contributed by atoms with van der Waals surface area (Å²) in [5.74, 6) is -0.521. The summed E-state index contributed by atoms with van der Waals surface area (Å²) >= 11 is 6.08. The minimum absolute atomic E-state index is 0.362. The molecule has 0 saturated carbocycles. The van der Waals surface area contributed by atoms with E-state index in [2.05, 4.69) is 0 Å². The molecule has 0 unspecified atom stereocenters. The second-order valence-corrected chi connectivity index (χ2v) is 4.09. The standard InChI is InChI=1S/C11H16ClN3O/c1-3-4-15(2)10-8(11(14)16)5-7(13)6-9(10)12/h5-6H,3-4,13H2,1-2H3,(H2,14,16). The van der Waals surface area contributed by atoms with Crippen LogP contribution >= 0.6 is 11.6 Å². The van der Waals surface area contributed by atoms with Crippen LogP contribution in [0.15, 0.2) is 12.1 Å². The maximum absolute atomic E-state index is 11.3. The zero-order valence-corrected chi connectivity index (χ0v) is 10.2. The maximum Gasteiger partial charge on any atom is 0.250 e. The minimum atomic E-state index is -0.521. The van der Waals surface area contributed by atoms with Gasteiger partial charge in [-0.25, -0.2) is 0 Å². The van der Waals surface area contributed by atoms with Crippen molar-refractivity contribution in [2.45, 2.75) is 13.3 Å². The van der Waals surface area contributed by atoms with E-state index in [0.29, 0.717) is 22.0 Å². The monoisotopic (exact) mass is 241 g/mol. The molecule has 1 amide bonds. The summed E-state index contributed by atoms with van der Waals surface area (Å²) in [4.78, 5) is 13.2. The highest BCUT2D eigenvalue weighted by Crippen LogP contribution is 2.31. The summed E-state index contributed by atoms with van der Waals surface area (Å²) in [5.41, 5.74) is 12.4. The van der Waals surface area contributed by atoms with Crippen LogP contribution in [0.4, 0.5) is 11.4 Å². The molecule has 4 nitrogen and oxygen atoms in total. The number of hydrogen-bond donors (Lipinski definition) is 2. The van der Waals surface area contributed by atoms with Gasteiger partial charge < -0.3 is 16.4 Å².